The third kappa shape index (κ3) is 2.83. The number of hydrogen-bond donors (Lipinski definition) is 2. The molecule has 4 nitrogen and oxygen atoms in total. The van der Waals surface area contributed by atoms with Crippen molar-refractivity contribution in [3.05, 3.63) is 29.0 Å². The van der Waals surface area contributed by atoms with E-state index >= 15 is 0 Å². The number of halogens is 2. The molecule has 18 heavy (non-hydrogen) atoms. The van der Waals surface area contributed by atoms with Gasteiger partial charge in [-0.2, -0.15) is 0 Å². The highest BCUT2D eigenvalue weighted by molar-refractivity contribution is 7.89. The second-order valence-corrected chi connectivity index (χ2v) is 6.52. The second-order valence-electron chi connectivity index (χ2n) is 4.40. The van der Waals surface area contributed by atoms with E-state index in [0.717, 1.165) is 25.0 Å². The first-order chi connectivity index (χ1) is 8.40. The lowest BCUT2D eigenvalue weighted by molar-refractivity contribution is 0.514. The Bertz CT molecular complexity index is 550. The molecule has 1 fully saturated rings. The van der Waals surface area contributed by atoms with Crippen molar-refractivity contribution in [2.24, 2.45) is 5.73 Å². The van der Waals surface area contributed by atoms with E-state index in [9.17, 15) is 12.8 Å². The van der Waals surface area contributed by atoms with Crippen LogP contribution in [-0.2, 0) is 10.0 Å². The zero-order valence-corrected chi connectivity index (χ0v) is 11.1. The molecular weight excluding hydrogens is 279 g/mol. The Kier molecular flexibility index (Phi) is 3.91. The Morgan fingerprint density at radius 1 is 1.39 bits per heavy atom. The minimum atomic E-state index is -3.89. The molecule has 2 atom stereocenters. The van der Waals surface area contributed by atoms with Crippen molar-refractivity contribution in [1.82, 2.24) is 4.72 Å². The highest BCUT2D eigenvalue weighted by atomic mass is 35.5. The first kappa shape index (κ1) is 13.7. The molecule has 1 aromatic carbocycles. The van der Waals surface area contributed by atoms with E-state index in [1.165, 1.54) is 6.07 Å². The van der Waals surface area contributed by atoms with Gasteiger partial charge >= 0.3 is 0 Å². The van der Waals surface area contributed by atoms with Crippen molar-refractivity contribution in [2.45, 2.75) is 36.2 Å². The molecule has 0 amide bonds. The molecule has 0 aromatic heterocycles. The molecule has 0 aliphatic heterocycles. The number of nitrogens with two attached hydrogens (primary N) is 1. The number of sulfonamides is 1. The van der Waals surface area contributed by atoms with Gasteiger partial charge in [0.05, 0.1) is 0 Å². The van der Waals surface area contributed by atoms with Crippen LogP contribution in [0.1, 0.15) is 19.3 Å². The minimum Gasteiger partial charge on any atom is -0.326 e. The van der Waals surface area contributed by atoms with E-state index in [2.05, 4.69) is 4.72 Å². The molecule has 1 saturated carbocycles. The summed E-state index contributed by atoms with van der Waals surface area (Å²) in [5, 5.41) is 0.156. The summed E-state index contributed by atoms with van der Waals surface area (Å²) in [7, 11) is -3.89. The van der Waals surface area contributed by atoms with E-state index in [1.807, 2.05) is 0 Å². The van der Waals surface area contributed by atoms with E-state index in [1.54, 1.807) is 0 Å². The van der Waals surface area contributed by atoms with E-state index in [0.29, 0.717) is 6.42 Å². The molecule has 1 aromatic rings. The molecule has 2 unspecified atom stereocenters. The monoisotopic (exact) mass is 292 g/mol. The largest absolute Gasteiger partial charge is 0.326 e. The van der Waals surface area contributed by atoms with Gasteiger partial charge in [-0.1, -0.05) is 18.0 Å². The van der Waals surface area contributed by atoms with Crippen LogP contribution >= 0.6 is 11.6 Å². The van der Waals surface area contributed by atoms with Gasteiger partial charge in [0.25, 0.3) is 0 Å². The standard InChI is InChI=1S/C11H14ClFN2O2S/c12-7-4-5-11(8(13)6-7)18(16,17)15-10-3-1-2-9(10)14/h4-6,9-10,15H,1-3,14H2. The van der Waals surface area contributed by atoms with Crippen molar-refractivity contribution in [3.63, 3.8) is 0 Å². The van der Waals surface area contributed by atoms with Crippen molar-refractivity contribution in [2.75, 3.05) is 0 Å². The molecule has 0 spiro atoms. The van der Waals surface area contributed by atoms with Crippen LogP contribution in [0, 0.1) is 5.82 Å². The van der Waals surface area contributed by atoms with Crippen molar-refractivity contribution in [1.29, 1.82) is 0 Å². The summed E-state index contributed by atoms with van der Waals surface area (Å²) < 4.78 is 40.1. The van der Waals surface area contributed by atoms with Gasteiger partial charge in [-0.25, -0.2) is 17.5 Å². The van der Waals surface area contributed by atoms with Crippen LogP contribution in [0.5, 0.6) is 0 Å². The Morgan fingerprint density at radius 2 is 2.11 bits per heavy atom. The topological polar surface area (TPSA) is 72.2 Å². The highest BCUT2D eigenvalue weighted by Crippen LogP contribution is 2.22. The molecule has 3 N–H and O–H groups in total. The molecular formula is C11H14ClFN2O2S. The summed E-state index contributed by atoms with van der Waals surface area (Å²) in [6.07, 6.45) is 2.32. The average molecular weight is 293 g/mol. The first-order valence-electron chi connectivity index (χ1n) is 5.63. The minimum absolute atomic E-state index is 0.156. The Morgan fingerprint density at radius 3 is 2.67 bits per heavy atom. The maximum absolute atomic E-state index is 13.6. The summed E-state index contributed by atoms with van der Waals surface area (Å²) in [6, 6.07) is 2.93. The third-order valence-electron chi connectivity index (χ3n) is 3.06. The zero-order valence-electron chi connectivity index (χ0n) is 9.57. The van der Waals surface area contributed by atoms with Gasteiger partial charge in [-0.3, -0.25) is 0 Å². The van der Waals surface area contributed by atoms with Crippen LogP contribution in [-0.4, -0.2) is 20.5 Å². The van der Waals surface area contributed by atoms with E-state index in [4.69, 9.17) is 17.3 Å². The molecule has 0 radical (unpaired) electrons. The van der Waals surface area contributed by atoms with E-state index in [-0.39, 0.29) is 17.1 Å². The van der Waals surface area contributed by atoms with Gasteiger partial charge in [0.15, 0.2) is 0 Å². The van der Waals surface area contributed by atoms with Crippen LogP contribution in [0.4, 0.5) is 4.39 Å². The Balaban J connectivity index is 2.25. The lowest BCUT2D eigenvalue weighted by atomic mass is 10.2. The van der Waals surface area contributed by atoms with Crippen molar-refractivity contribution in [3.8, 4) is 0 Å². The molecule has 7 heteroatoms. The third-order valence-corrected chi connectivity index (χ3v) is 4.82. The maximum atomic E-state index is 13.6. The van der Waals surface area contributed by atoms with Crippen LogP contribution in [0.3, 0.4) is 0 Å². The van der Waals surface area contributed by atoms with E-state index < -0.39 is 20.7 Å². The fraction of sp³-hybridized carbons (Fsp3) is 0.455. The Labute approximate surface area is 110 Å². The highest BCUT2D eigenvalue weighted by Gasteiger charge is 2.30. The van der Waals surface area contributed by atoms with Crippen molar-refractivity contribution >= 4 is 21.6 Å². The molecule has 0 heterocycles. The van der Waals surface area contributed by atoms with Gasteiger partial charge in [0.2, 0.25) is 10.0 Å². The summed E-state index contributed by atoms with van der Waals surface area (Å²) in [5.41, 5.74) is 5.78. The lowest BCUT2D eigenvalue weighted by Gasteiger charge is -2.17. The fourth-order valence-corrected chi connectivity index (χ4v) is 3.63. The summed E-state index contributed by atoms with van der Waals surface area (Å²) in [4.78, 5) is -0.397. The molecule has 0 bridgehead atoms. The molecule has 1 aliphatic carbocycles. The summed E-state index contributed by atoms with van der Waals surface area (Å²) in [6.45, 7) is 0. The van der Waals surface area contributed by atoms with Gasteiger partial charge in [0.1, 0.15) is 10.7 Å². The SMILES string of the molecule is NC1CCCC1NS(=O)(=O)c1ccc(Cl)cc1F. The van der Waals surface area contributed by atoms with Gasteiger partial charge < -0.3 is 5.73 Å². The maximum Gasteiger partial charge on any atom is 0.243 e. The Hall–Kier alpha value is -0.690. The van der Waals surface area contributed by atoms with Crippen LogP contribution < -0.4 is 10.5 Å². The molecule has 0 saturated heterocycles. The number of hydrogen-bond acceptors (Lipinski definition) is 3. The molecule has 100 valence electrons. The zero-order chi connectivity index (χ0) is 13.3. The van der Waals surface area contributed by atoms with Gasteiger partial charge in [-0.15, -0.1) is 0 Å². The van der Waals surface area contributed by atoms with Gasteiger partial charge in [-0.05, 0) is 31.0 Å². The predicted molar refractivity (Wildman–Crippen MR) is 67.3 cm³/mol. The quantitative estimate of drug-likeness (QED) is 0.889. The molecule has 2 rings (SSSR count). The molecule has 1 aliphatic rings. The number of benzene rings is 1. The second kappa shape index (κ2) is 5.13. The van der Waals surface area contributed by atoms with Crippen LogP contribution in [0.25, 0.3) is 0 Å². The van der Waals surface area contributed by atoms with Crippen molar-refractivity contribution < 1.29 is 12.8 Å². The van der Waals surface area contributed by atoms with Crippen LogP contribution in [0.15, 0.2) is 23.1 Å². The summed E-state index contributed by atoms with van der Waals surface area (Å²) in [5.74, 6) is -0.860. The fourth-order valence-electron chi connectivity index (χ4n) is 2.09. The predicted octanol–water partition coefficient (Wildman–Crippen LogP) is 1.64. The van der Waals surface area contributed by atoms with Gasteiger partial charge in [0, 0.05) is 17.1 Å². The van der Waals surface area contributed by atoms with Crippen LogP contribution in [0.2, 0.25) is 5.02 Å². The normalized spacial score (nSPS) is 24.4. The number of rotatable bonds is 3. The first-order valence-corrected chi connectivity index (χ1v) is 7.49. The summed E-state index contributed by atoms with van der Waals surface area (Å²) >= 11 is 5.59. The lowest BCUT2D eigenvalue weighted by Crippen LogP contribution is -2.44. The number of nitrogens with one attached hydrogen (secondary N) is 1. The smallest absolute Gasteiger partial charge is 0.243 e. The average Bonchev–Trinajstić information content (AvgIpc) is 2.63.